The zero-order valence-electron chi connectivity index (χ0n) is 11.5. The molecule has 0 bridgehead atoms. The maximum Gasteiger partial charge on any atom is 0.238 e. The fourth-order valence-electron chi connectivity index (χ4n) is 2.72. The van der Waals surface area contributed by atoms with E-state index in [1.54, 1.807) is 18.2 Å². The summed E-state index contributed by atoms with van der Waals surface area (Å²) >= 11 is 0. The molecule has 1 aliphatic rings. The highest BCUT2D eigenvalue weighted by Crippen LogP contribution is 2.28. The van der Waals surface area contributed by atoms with Crippen molar-refractivity contribution in [3.63, 3.8) is 0 Å². The largest absolute Gasteiger partial charge is 0.382 e. The van der Waals surface area contributed by atoms with Gasteiger partial charge in [-0.3, -0.25) is 0 Å². The Labute approximate surface area is 115 Å². The number of hydrogen-bond donors (Lipinski definition) is 2. The summed E-state index contributed by atoms with van der Waals surface area (Å²) in [7, 11) is -3.63. The van der Waals surface area contributed by atoms with Gasteiger partial charge in [0.15, 0.2) is 0 Å². The highest BCUT2D eigenvalue weighted by molar-refractivity contribution is 7.89. The lowest BCUT2D eigenvalue weighted by Gasteiger charge is -2.29. The summed E-state index contributed by atoms with van der Waals surface area (Å²) in [4.78, 5) is 0.171. The van der Waals surface area contributed by atoms with Crippen molar-refractivity contribution in [3.8, 4) is 0 Å². The molecule has 1 aliphatic carbocycles. The van der Waals surface area contributed by atoms with E-state index < -0.39 is 10.0 Å². The summed E-state index contributed by atoms with van der Waals surface area (Å²) in [5, 5.41) is 8.65. The van der Waals surface area contributed by atoms with E-state index >= 15 is 0 Å². The minimum Gasteiger partial charge on any atom is -0.382 e. The Morgan fingerprint density at radius 2 is 2.05 bits per heavy atom. The van der Waals surface area contributed by atoms with Crippen LogP contribution in [-0.4, -0.2) is 14.5 Å². The van der Waals surface area contributed by atoms with Crippen LogP contribution in [0.2, 0.25) is 0 Å². The molecule has 4 nitrogen and oxygen atoms in total. The normalized spacial score (nSPS) is 24.2. The Balaban J connectivity index is 2.19. The van der Waals surface area contributed by atoms with Crippen LogP contribution in [0, 0.1) is 12.8 Å². The average Bonchev–Trinajstić information content (AvgIpc) is 2.30. The van der Waals surface area contributed by atoms with Gasteiger partial charge in [0, 0.05) is 11.7 Å². The zero-order chi connectivity index (χ0) is 14.0. The number of primary sulfonamides is 1. The zero-order valence-corrected chi connectivity index (χ0v) is 12.3. The fourth-order valence-corrected chi connectivity index (χ4v) is 3.26. The summed E-state index contributed by atoms with van der Waals surface area (Å²) < 4.78 is 22.8. The van der Waals surface area contributed by atoms with Crippen LogP contribution >= 0.6 is 0 Å². The lowest BCUT2D eigenvalue weighted by molar-refractivity contribution is 0.358. The average molecular weight is 282 g/mol. The topological polar surface area (TPSA) is 72.2 Å². The van der Waals surface area contributed by atoms with Gasteiger partial charge in [-0.15, -0.1) is 0 Å². The fraction of sp³-hybridized carbons (Fsp3) is 0.571. The van der Waals surface area contributed by atoms with Crippen molar-refractivity contribution in [2.24, 2.45) is 11.1 Å². The lowest BCUT2D eigenvalue weighted by atomic mass is 9.87. The smallest absolute Gasteiger partial charge is 0.238 e. The van der Waals surface area contributed by atoms with Crippen molar-refractivity contribution in [1.82, 2.24) is 0 Å². The van der Waals surface area contributed by atoms with Crippen molar-refractivity contribution in [1.29, 1.82) is 0 Å². The molecule has 0 heterocycles. The molecule has 5 heteroatoms. The number of aryl methyl sites for hydroxylation is 1. The highest BCUT2D eigenvalue weighted by atomic mass is 32.2. The van der Waals surface area contributed by atoms with Crippen LogP contribution in [0.1, 0.15) is 38.2 Å². The summed E-state index contributed by atoms with van der Waals surface area (Å²) in [6.07, 6.45) is 4.80. The third-order valence-electron chi connectivity index (χ3n) is 3.83. The summed E-state index contributed by atoms with van der Waals surface area (Å²) in [5.74, 6) is 0.730. The molecule has 1 fully saturated rings. The standard InChI is InChI=1S/C14H22N2O2S/c1-10-4-3-5-12(8-10)16-14-9-13(19(15,17)18)7-6-11(14)2/h6-7,9-10,12,16H,3-5,8H2,1-2H3,(H2,15,17,18). The van der Waals surface area contributed by atoms with Gasteiger partial charge in [0.25, 0.3) is 0 Å². The molecule has 0 radical (unpaired) electrons. The number of nitrogens with one attached hydrogen (secondary N) is 1. The summed E-state index contributed by atoms with van der Waals surface area (Å²) in [6.45, 7) is 4.24. The molecule has 2 unspecified atom stereocenters. The van der Waals surface area contributed by atoms with Gasteiger partial charge in [0.2, 0.25) is 10.0 Å². The Morgan fingerprint density at radius 1 is 1.32 bits per heavy atom. The molecule has 0 aliphatic heterocycles. The van der Waals surface area contributed by atoms with Crippen molar-refractivity contribution in [3.05, 3.63) is 23.8 Å². The highest BCUT2D eigenvalue weighted by Gasteiger charge is 2.19. The molecule has 19 heavy (non-hydrogen) atoms. The molecule has 0 saturated heterocycles. The second-order valence-electron chi connectivity index (χ2n) is 5.63. The van der Waals surface area contributed by atoms with Crippen molar-refractivity contribution in [2.45, 2.75) is 50.5 Å². The Kier molecular flexibility index (Phi) is 4.16. The number of benzene rings is 1. The molecule has 1 aromatic rings. The Bertz CT molecular complexity index is 555. The van der Waals surface area contributed by atoms with Gasteiger partial charge in [-0.25, -0.2) is 13.6 Å². The van der Waals surface area contributed by atoms with E-state index in [0.29, 0.717) is 6.04 Å². The number of nitrogens with two attached hydrogens (primary N) is 1. The molecule has 1 aromatic carbocycles. The van der Waals surface area contributed by atoms with E-state index in [2.05, 4.69) is 12.2 Å². The molecule has 3 N–H and O–H groups in total. The molecule has 0 amide bonds. The number of rotatable bonds is 3. The van der Waals surface area contributed by atoms with E-state index in [1.807, 2.05) is 6.92 Å². The predicted molar refractivity (Wildman–Crippen MR) is 77.6 cm³/mol. The van der Waals surface area contributed by atoms with E-state index in [4.69, 9.17) is 5.14 Å². The van der Waals surface area contributed by atoms with Gasteiger partial charge in [-0.05, 0) is 43.4 Å². The van der Waals surface area contributed by atoms with E-state index in [9.17, 15) is 8.42 Å². The predicted octanol–water partition coefficient (Wildman–Crippen LogP) is 2.63. The number of hydrogen-bond acceptors (Lipinski definition) is 3. The van der Waals surface area contributed by atoms with Gasteiger partial charge in [-0.2, -0.15) is 0 Å². The van der Waals surface area contributed by atoms with Gasteiger partial charge in [-0.1, -0.05) is 25.8 Å². The molecule has 2 atom stereocenters. The Hall–Kier alpha value is -1.07. The van der Waals surface area contributed by atoms with Gasteiger partial charge in [0.1, 0.15) is 0 Å². The van der Waals surface area contributed by atoms with E-state index in [1.165, 1.54) is 12.8 Å². The molecule has 0 spiro atoms. The number of sulfonamides is 1. The SMILES string of the molecule is Cc1ccc(S(N)(=O)=O)cc1NC1CCCC(C)C1. The third-order valence-corrected chi connectivity index (χ3v) is 4.74. The minimum atomic E-state index is -3.63. The quantitative estimate of drug-likeness (QED) is 0.895. The molecule has 106 valence electrons. The van der Waals surface area contributed by atoms with Crippen LogP contribution in [0.4, 0.5) is 5.69 Å². The molecular weight excluding hydrogens is 260 g/mol. The first-order valence-corrected chi connectivity index (χ1v) is 8.31. The van der Waals surface area contributed by atoms with E-state index in [-0.39, 0.29) is 4.90 Å². The van der Waals surface area contributed by atoms with Crippen LogP contribution in [0.15, 0.2) is 23.1 Å². The van der Waals surface area contributed by atoms with Crippen LogP contribution in [0.3, 0.4) is 0 Å². The van der Waals surface area contributed by atoms with Crippen molar-refractivity contribution >= 4 is 15.7 Å². The molecule has 1 saturated carbocycles. The molecule has 0 aromatic heterocycles. The first kappa shape index (κ1) is 14.3. The first-order valence-electron chi connectivity index (χ1n) is 6.76. The maximum atomic E-state index is 11.4. The molecular formula is C14H22N2O2S. The van der Waals surface area contributed by atoms with Gasteiger partial charge >= 0.3 is 0 Å². The Morgan fingerprint density at radius 3 is 2.68 bits per heavy atom. The molecule has 2 rings (SSSR count). The van der Waals surface area contributed by atoms with Gasteiger partial charge < -0.3 is 5.32 Å². The van der Waals surface area contributed by atoms with E-state index in [0.717, 1.165) is 30.0 Å². The van der Waals surface area contributed by atoms with Crippen LogP contribution in [-0.2, 0) is 10.0 Å². The number of anilines is 1. The monoisotopic (exact) mass is 282 g/mol. The second-order valence-corrected chi connectivity index (χ2v) is 7.20. The minimum absolute atomic E-state index is 0.171. The summed E-state index contributed by atoms with van der Waals surface area (Å²) in [6, 6.07) is 5.43. The lowest BCUT2D eigenvalue weighted by Crippen LogP contribution is -2.26. The van der Waals surface area contributed by atoms with Crippen LogP contribution in [0.25, 0.3) is 0 Å². The maximum absolute atomic E-state index is 11.4. The van der Waals surface area contributed by atoms with Crippen LogP contribution < -0.4 is 10.5 Å². The summed E-state index contributed by atoms with van der Waals surface area (Å²) in [5.41, 5.74) is 1.93. The van der Waals surface area contributed by atoms with Gasteiger partial charge in [0.05, 0.1) is 4.90 Å². The third kappa shape index (κ3) is 3.70. The van der Waals surface area contributed by atoms with Crippen molar-refractivity contribution < 1.29 is 8.42 Å². The second kappa shape index (κ2) is 5.51. The van der Waals surface area contributed by atoms with Crippen molar-refractivity contribution in [2.75, 3.05) is 5.32 Å². The van der Waals surface area contributed by atoms with Crippen LogP contribution in [0.5, 0.6) is 0 Å². The first-order chi connectivity index (χ1) is 8.86.